The van der Waals surface area contributed by atoms with Crippen molar-refractivity contribution < 1.29 is 32.2 Å². The Morgan fingerprint density at radius 1 is 1.05 bits per heavy atom. The molecule has 0 spiro atoms. The van der Waals surface area contributed by atoms with E-state index in [9.17, 15) is 22.8 Å². The fourth-order valence-corrected chi connectivity index (χ4v) is 3.08. The van der Waals surface area contributed by atoms with Crippen LogP contribution in [0.15, 0.2) is 12.2 Å². The van der Waals surface area contributed by atoms with Crippen molar-refractivity contribution in [1.29, 1.82) is 0 Å². The third kappa shape index (κ3) is 7.32. The summed E-state index contributed by atoms with van der Waals surface area (Å²) in [6, 6.07) is 0. The first kappa shape index (κ1) is 18.7. The Morgan fingerprint density at radius 3 is 1.85 bits per heavy atom. The molecule has 20 heavy (non-hydrogen) atoms. The summed E-state index contributed by atoms with van der Waals surface area (Å²) in [5, 5.41) is 0. The normalized spacial score (nSPS) is 15.2. The number of carbonyl (C=O) groups is 2. The molecule has 2 unspecified atom stereocenters. The Kier molecular flexibility index (Phi) is 7.55. The van der Waals surface area contributed by atoms with Gasteiger partial charge in [0.25, 0.3) is 0 Å². The molecule has 0 aliphatic carbocycles. The van der Waals surface area contributed by atoms with Crippen LogP contribution in [-0.4, -0.2) is 38.5 Å². The number of esters is 2. The molecular formula is C12H19F3O4Si. The monoisotopic (exact) mass is 312 g/mol. The number of carbonyl (C=O) groups excluding carboxylic acids is 2. The molecule has 0 aromatic carbocycles. The van der Waals surface area contributed by atoms with E-state index in [-0.39, 0.29) is 5.73 Å². The van der Waals surface area contributed by atoms with Gasteiger partial charge in [0.05, 0.1) is 13.8 Å². The second-order valence-electron chi connectivity index (χ2n) is 5.16. The van der Waals surface area contributed by atoms with Crippen LogP contribution in [0.4, 0.5) is 13.2 Å². The highest BCUT2D eigenvalue weighted by Gasteiger charge is 2.28. The molecule has 0 aliphatic rings. The van der Waals surface area contributed by atoms with E-state index in [1.54, 1.807) is 0 Å². The first-order valence-electron chi connectivity index (χ1n) is 6.09. The molecule has 0 amide bonds. The maximum Gasteiger partial charge on any atom is 0.333 e. The summed E-state index contributed by atoms with van der Waals surface area (Å²) >= 11 is 0. The summed E-state index contributed by atoms with van der Waals surface area (Å²) in [6.45, 7) is 7.92. The van der Waals surface area contributed by atoms with Crippen molar-refractivity contribution in [2.45, 2.75) is 51.5 Å². The molecule has 8 heteroatoms. The Labute approximate surface area is 116 Å². The average molecular weight is 312 g/mol. The van der Waals surface area contributed by atoms with Crippen molar-refractivity contribution in [1.82, 2.24) is 0 Å². The molecule has 0 rings (SSSR count). The minimum atomic E-state index is -3.42. The molecule has 0 heterocycles. The van der Waals surface area contributed by atoms with Crippen molar-refractivity contribution in [2.75, 3.05) is 0 Å². The molecule has 0 N–H and O–H groups in total. The summed E-state index contributed by atoms with van der Waals surface area (Å²) in [6.07, 6.45) is -4.49. The van der Waals surface area contributed by atoms with Gasteiger partial charge in [0, 0.05) is 12.2 Å². The van der Waals surface area contributed by atoms with E-state index >= 15 is 0 Å². The quantitative estimate of drug-likeness (QED) is 0.412. The van der Waals surface area contributed by atoms with Gasteiger partial charge < -0.3 is 9.47 Å². The van der Waals surface area contributed by atoms with E-state index in [1.807, 2.05) is 26.6 Å². The van der Waals surface area contributed by atoms with E-state index in [0.717, 1.165) is 6.08 Å². The van der Waals surface area contributed by atoms with Crippen molar-refractivity contribution in [3.63, 3.8) is 0 Å². The third-order valence-electron chi connectivity index (χ3n) is 2.38. The number of rotatable bonds is 7. The van der Waals surface area contributed by atoms with Crippen LogP contribution in [0.3, 0.4) is 0 Å². The Balaban J connectivity index is 4.39. The number of alkyl halides is 3. The number of hydrogen-bond acceptors (Lipinski definition) is 4. The molecule has 0 saturated carbocycles. The van der Waals surface area contributed by atoms with E-state index in [1.165, 1.54) is 0 Å². The lowest BCUT2D eigenvalue weighted by Crippen LogP contribution is -2.41. The molecule has 0 fully saturated rings. The van der Waals surface area contributed by atoms with Crippen LogP contribution in [0.2, 0.25) is 19.6 Å². The lowest BCUT2D eigenvalue weighted by molar-refractivity contribution is -0.168. The Morgan fingerprint density at radius 2 is 1.50 bits per heavy atom. The van der Waals surface area contributed by atoms with Gasteiger partial charge in [0.1, 0.15) is 0 Å². The first-order chi connectivity index (χ1) is 9.07. The zero-order valence-corrected chi connectivity index (χ0v) is 12.9. The van der Waals surface area contributed by atoms with Crippen molar-refractivity contribution in [3.8, 4) is 0 Å². The minimum Gasteiger partial charge on any atom is -0.463 e. The standard InChI is InChI=1S/C12H19F3O4Si/c1-5-10(20(2,3)4)18-8(16)6-7-9(17)19-12(15)11(13)14/h6-7,10-12H,5H2,1-4H3. The number of ether oxygens (including phenoxy) is 2. The van der Waals surface area contributed by atoms with Crippen LogP contribution >= 0.6 is 0 Å². The van der Waals surface area contributed by atoms with Crippen LogP contribution in [0.1, 0.15) is 13.3 Å². The minimum absolute atomic E-state index is 0.231. The van der Waals surface area contributed by atoms with Gasteiger partial charge in [-0.3, -0.25) is 0 Å². The molecule has 0 saturated heterocycles. The number of halogens is 3. The topological polar surface area (TPSA) is 52.6 Å². The van der Waals surface area contributed by atoms with Gasteiger partial charge in [-0.2, -0.15) is 4.39 Å². The molecule has 0 aliphatic heterocycles. The van der Waals surface area contributed by atoms with E-state index in [2.05, 4.69) is 4.74 Å². The fourth-order valence-electron chi connectivity index (χ4n) is 1.39. The highest BCUT2D eigenvalue weighted by molar-refractivity contribution is 6.77. The highest BCUT2D eigenvalue weighted by atomic mass is 28.3. The van der Waals surface area contributed by atoms with Crippen LogP contribution in [0, 0.1) is 0 Å². The van der Waals surface area contributed by atoms with Crippen LogP contribution < -0.4 is 0 Å². The van der Waals surface area contributed by atoms with Crippen LogP contribution in [-0.2, 0) is 19.1 Å². The smallest absolute Gasteiger partial charge is 0.333 e. The zero-order chi connectivity index (χ0) is 15.9. The van der Waals surface area contributed by atoms with Gasteiger partial charge >= 0.3 is 24.7 Å². The summed E-state index contributed by atoms with van der Waals surface area (Å²) in [7, 11) is -1.70. The maximum absolute atomic E-state index is 12.4. The first-order valence-corrected chi connectivity index (χ1v) is 9.67. The lowest BCUT2D eigenvalue weighted by Gasteiger charge is -2.26. The Hall–Kier alpha value is -1.31. The van der Waals surface area contributed by atoms with Crippen molar-refractivity contribution >= 4 is 20.0 Å². The molecule has 0 aromatic rings. The zero-order valence-electron chi connectivity index (χ0n) is 11.9. The second-order valence-corrected chi connectivity index (χ2v) is 10.5. The third-order valence-corrected chi connectivity index (χ3v) is 4.84. The number of hydrogen-bond donors (Lipinski definition) is 0. The molecule has 116 valence electrons. The van der Waals surface area contributed by atoms with Gasteiger partial charge in [-0.25, -0.2) is 18.4 Å². The van der Waals surface area contributed by atoms with Gasteiger partial charge in [-0.05, 0) is 6.42 Å². The summed E-state index contributed by atoms with van der Waals surface area (Å²) in [4.78, 5) is 22.4. The molecule has 0 radical (unpaired) electrons. The molecular weight excluding hydrogens is 293 g/mol. The average Bonchev–Trinajstić information content (AvgIpc) is 2.31. The fraction of sp³-hybridized carbons (Fsp3) is 0.667. The predicted octanol–water partition coefficient (Wildman–Crippen LogP) is 2.85. The van der Waals surface area contributed by atoms with E-state index in [0.29, 0.717) is 12.5 Å². The molecule has 0 bridgehead atoms. The second kappa shape index (κ2) is 8.08. The predicted molar refractivity (Wildman–Crippen MR) is 69.6 cm³/mol. The molecule has 0 aromatic heterocycles. The largest absolute Gasteiger partial charge is 0.463 e. The van der Waals surface area contributed by atoms with Crippen molar-refractivity contribution in [3.05, 3.63) is 12.2 Å². The van der Waals surface area contributed by atoms with Crippen LogP contribution in [0.25, 0.3) is 0 Å². The molecule has 4 nitrogen and oxygen atoms in total. The lowest BCUT2D eigenvalue weighted by atomic mass is 10.5. The Bertz CT molecular complexity index is 366. The van der Waals surface area contributed by atoms with Crippen molar-refractivity contribution in [2.24, 2.45) is 0 Å². The maximum atomic E-state index is 12.4. The van der Waals surface area contributed by atoms with Gasteiger partial charge in [-0.1, -0.05) is 26.6 Å². The van der Waals surface area contributed by atoms with E-state index in [4.69, 9.17) is 4.74 Å². The summed E-state index contributed by atoms with van der Waals surface area (Å²) < 4.78 is 44.8. The van der Waals surface area contributed by atoms with E-state index < -0.39 is 32.8 Å². The van der Waals surface area contributed by atoms with Gasteiger partial charge in [-0.15, -0.1) is 0 Å². The summed E-state index contributed by atoms with van der Waals surface area (Å²) in [5.41, 5.74) is -0.231. The SMILES string of the molecule is CCC(OC(=O)C=CC(=O)OC(F)C(F)F)[Si](C)(C)C. The van der Waals surface area contributed by atoms with Gasteiger partial charge in [0.2, 0.25) is 0 Å². The van der Waals surface area contributed by atoms with Gasteiger partial charge in [0.15, 0.2) is 0 Å². The van der Waals surface area contributed by atoms with Crippen LogP contribution in [0.5, 0.6) is 0 Å². The molecule has 2 atom stereocenters. The summed E-state index contributed by atoms with van der Waals surface area (Å²) in [5.74, 6) is -2.15. The highest BCUT2D eigenvalue weighted by Crippen LogP contribution is 2.15.